The molecule has 0 aromatic heterocycles. The molecular weight excluding hydrogens is 288 g/mol. The molecule has 3 rings (SSSR count). The molecule has 2 bridgehead atoms. The van der Waals surface area contributed by atoms with Crippen molar-refractivity contribution in [2.45, 2.75) is 102 Å². The van der Waals surface area contributed by atoms with Gasteiger partial charge in [-0.1, -0.05) is 32.1 Å². The lowest BCUT2D eigenvalue weighted by Gasteiger charge is -2.45. The molecule has 3 unspecified atom stereocenters. The number of nitrogens with two attached hydrogens (primary N) is 1. The van der Waals surface area contributed by atoms with E-state index in [4.69, 9.17) is 10.5 Å². The summed E-state index contributed by atoms with van der Waals surface area (Å²) in [6.45, 7) is 1.92. The molecule has 1 amide bonds. The van der Waals surface area contributed by atoms with Gasteiger partial charge in [0.15, 0.2) is 0 Å². The minimum Gasteiger partial charge on any atom is -0.365 e. The quantitative estimate of drug-likeness (QED) is 0.782. The van der Waals surface area contributed by atoms with Gasteiger partial charge < -0.3 is 15.8 Å². The average molecular weight is 322 g/mol. The van der Waals surface area contributed by atoms with Gasteiger partial charge in [-0.15, -0.1) is 0 Å². The number of hydrogen-bond donors (Lipinski definition) is 2. The van der Waals surface area contributed by atoms with Crippen molar-refractivity contribution in [1.82, 2.24) is 5.32 Å². The van der Waals surface area contributed by atoms with Gasteiger partial charge in [-0.25, -0.2) is 0 Å². The van der Waals surface area contributed by atoms with Gasteiger partial charge in [0.1, 0.15) is 6.10 Å². The molecule has 0 aromatic rings. The van der Waals surface area contributed by atoms with Crippen LogP contribution in [-0.4, -0.2) is 30.2 Å². The average Bonchev–Trinajstić information content (AvgIpc) is 2.76. The number of amides is 1. The molecule has 3 saturated carbocycles. The molecule has 0 heterocycles. The standard InChI is InChI=1S/C19H34N2O2/c1-13(23-17-9-4-2-3-5-10-17)19(22)21-18-14-7-6-8-15(18)12-16(20)11-14/h13-18H,2-12,20H2,1H3,(H,21,22). The highest BCUT2D eigenvalue weighted by molar-refractivity contribution is 5.80. The van der Waals surface area contributed by atoms with Crippen molar-refractivity contribution in [3.63, 3.8) is 0 Å². The number of carbonyl (C=O) groups is 1. The smallest absolute Gasteiger partial charge is 0.249 e. The Balaban J connectivity index is 1.51. The molecule has 23 heavy (non-hydrogen) atoms. The summed E-state index contributed by atoms with van der Waals surface area (Å²) in [7, 11) is 0. The van der Waals surface area contributed by atoms with Crippen molar-refractivity contribution in [3.8, 4) is 0 Å². The molecule has 3 atom stereocenters. The van der Waals surface area contributed by atoms with Crippen LogP contribution in [0.5, 0.6) is 0 Å². The van der Waals surface area contributed by atoms with Crippen LogP contribution in [0.25, 0.3) is 0 Å². The van der Waals surface area contributed by atoms with Crippen LogP contribution in [0.3, 0.4) is 0 Å². The Hall–Kier alpha value is -0.610. The maximum absolute atomic E-state index is 12.6. The zero-order chi connectivity index (χ0) is 16.2. The van der Waals surface area contributed by atoms with Gasteiger partial charge in [0, 0.05) is 12.1 Å². The maximum Gasteiger partial charge on any atom is 0.249 e. The van der Waals surface area contributed by atoms with Crippen LogP contribution in [-0.2, 0) is 9.53 Å². The van der Waals surface area contributed by atoms with E-state index in [2.05, 4.69) is 5.32 Å². The molecule has 0 saturated heterocycles. The van der Waals surface area contributed by atoms with Crippen LogP contribution in [0.4, 0.5) is 0 Å². The summed E-state index contributed by atoms with van der Waals surface area (Å²) >= 11 is 0. The number of hydrogen-bond acceptors (Lipinski definition) is 3. The molecule has 3 N–H and O–H groups in total. The van der Waals surface area contributed by atoms with Crippen LogP contribution in [0, 0.1) is 11.8 Å². The van der Waals surface area contributed by atoms with Crippen LogP contribution in [0.15, 0.2) is 0 Å². The second-order valence-corrected chi connectivity index (χ2v) is 8.11. The molecule has 132 valence electrons. The molecule has 3 aliphatic rings. The van der Waals surface area contributed by atoms with E-state index in [1.54, 1.807) is 0 Å². The Bertz CT molecular complexity index is 379. The van der Waals surface area contributed by atoms with E-state index in [1.165, 1.54) is 44.9 Å². The molecule has 3 fully saturated rings. The summed E-state index contributed by atoms with van der Waals surface area (Å²) in [6, 6.07) is 0.661. The predicted octanol–water partition coefficient (Wildman–Crippen LogP) is 3.14. The van der Waals surface area contributed by atoms with Gasteiger partial charge in [0.2, 0.25) is 5.91 Å². The highest BCUT2D eigenvalue weighted by Crippen LogP contribution is 2.39. The minimum atomic E-state index is -0.325. The first-order valence-electron chi connectivity index (χ1n) is 9.85. The molecule has 0 aliphatic heterocycles. The van der Waals surface area contributed by atoms with Crippen LogP contribution in [0.1, 0.15) is 77.6 Å². The van der Waals surface area contributed by atoms with E-state index < -0.39 is 0 Å². The number of ether oxygens (including phenoxy) is 1. The lowest BCUT2D eigenvalue weighted by Crippen LogP contribution is -2.55. The largest absolute Gasteiger partial charge is 0.365 e. The third-order valence-electron chi connectivity index (χ3n) is 6.25. The summed E-state index contributed by atoms with van der Waals surface area (Å²) in [4.78, 5) is 12.6. The van der Waals surface area contributed by atoms with Gasteiger partial charge in [0.25, 0.3) is 0 Å². The van der Waals surface area contributed by atoms with Crippen molar-refractivity contribution in [3.05, 3.63) is 0 Å². The molecule has 4 nitrogen and oxygen atoms in total. The molecule has 0 spiro atoms. The fourth-order valence-electron chi connectivity index (χ4n) is 5.03. The van der Waals surface area contributed by atoms with Crippen molar-refractivity contribution in [2.24, 2.45) is 17.6 Å². The van der Waals surface area contributed by atoms with Gasteiger partial charge >= 0.3 is 0 Å². The first kappa shape index (κ1) is 17.2. The topological polar surface area (TPSA) is 64.3 Å². The Labute approximate surface area is 140 Å². The van der Waals surface area contributed by atoms with E-state index in [9.17, 15) is 4.79 Å². The van der Waals surface area contributed by atoms with Crippen molar-refractivity contribution in [2.75, 3.05) is 0 Å². The second-order valence-electron chi connectivity index (χ2n) is 8.11. The third-order valence-corrected chi connectivity index (χ3v) is 6.25. The number of rotatable bonds is 4. The number of nitrogens with one attached hydrogen (secondary N) is 1. The molecule has 4 heteroatoms. The van der Waals surface area contributed by atoms with Gasteiger partial charge in [-0.05, 0) is 57.3 Å². The highest BCUT2D eigenvalue weighted by Gasteiger charge is 2.40. The highest BCUT2D eigenvalue weighted by atomic mass is 16.5. The summed E-state index contributed by atoms with van der Waals surface area (Å²) in [6.07, 6.45) is 13.1. The lowest BCUT2D eigenvalue weighted by molar-refractivity contribution is -0.138. The summed E-state index contributed by atoms with van der Waals surface area (Å²) < 4.78 is 6.08. The molecule has 0 radical (unpaired) electrons. The Morgan fingerprint density at radius 1 is 1.00 bits per heavy atom. The fourth-order valence-corrected chi connectivity index (χ4v) is 5.03. The zero-order valence-corrected chi connectivity index (χ0v) is 14.6. The third kappa shape index (κ3) is 4.48. The first-order chi connectivity index (χ1) is 11.1. The predicted molar refractivity (Wildman–Crippen MR) is 92.0 cm³/mol. The molecule has 0 aromatic carbocycles. The Morgan fingerprint density at radius 3 is 2.22 bits per heavy atom. The van der Waals surface area contributed by atoms with Crippen LogP contribution in [0.2, 0.25) is 0 Å². The number of fused-ring (bicyclic) bond motifs is 2. The second kappa shape index (κ2) is 7.98. The van der Waals surface area contributed by atoms with Crippen molar-refractivity contribution >= 4 is 5.91 Å². The SMILES string of the molecule is CC(OC1CCCCCC1)C(=O)NC1C2CCCC1CC(N)C2. The number of carbonyl (C=O) groups excluding carboxylic acids is 1. The van der Waals surface area contributed by atoms with E-state index in [0.29, 0.717) is 23.9 Å². The molecular formula is C19H34N2O2. The Kier molecular flexibility index (Phi) is 5.97. The molecule has 3 aliphatic carbocycles. The van der Waals surface area contributed by atoms with E-state index >= 15 is 0 Å². The van der Waals surface area contributed by atoms with Crippen molar-refractivity contribution < 1.29 is 9.53 Å². The fraction of sp³-hybridized carbons (Fsp3) is 0.947. The lowest BCUT2D eigenvalue weighted by atomic mass is 9.67. The van der Waals surface area contributed by atoms with E-state index in [0.717, 1.165) is 25.7 Å². The van der Waals surface area contributed by atoms with Crippen molar-refractivity contribution in [1.29, 1.82) is 0 Å². The summed E-state index contributed by atoms with van der Waals surface area (Å²) in [5.74, 6) is 1.24. The first-order valence-corrected chi connectivity index (χ1v) is 9.85. The van der Waals surface area contributed by atoms with Crippen LogP contribution < -0.4 is 11.1 Å². The van der Waals surface area contributed by atoms with Gasteiger partial charge in [-0.3, -0.25) is 4.79 Å². The van der Waals surface area contributed by atoms with E-state index in [1.807, 2.05) is 6.92 Å². The van der Waals surface area contributed by atoms with Crippen LogP contribution >= 0.6 is 0 Å². The normalized spacial score (nSPS) is 37.0. The maximum atomic E-state index is 12.6. The van der Waals surface area contributed by atoms with E-state index in [-0.39, 0.29) is 18.1 Å². The monoisotopic (exact) mass is 322 g/mol. The van der Waals surface area contributed by atoms with Gasteiger partial charge in [0.05, 0.1) is 6.10 Å². The Morgan fingerprint density at radius 2 is 1.61 bits per heavy atom. The summed E-state index contributed by atoms with van der Waals surface area (Å²) in [5, 5.41) is 3.33. The van der Waals surface area contributed by atoms with Gasteiger partial charge in [-0.2, -0.15) is 0 Å². The summed E-state index contributed by atoms with van der Waals surface area (Å²) in [5.41, 5.74) is 6.18. The minimum absolute atomic E-state index is 0.0895. The zero-order valence-electron chi connectivity index (χ0n) is 14.6.